The van der Waals surface area contributed by atoms with Crippen molar-refractivity contribution < 1.29 is 9.53 Å². The fraction of sp³-hybridized carbons (Fsp3) is 0.500. The maximum absolute atomic E-state index is 12.3. The van der Waals surface area contributed by atoms with E-state index in [-0.39, 0.29) is 5.97 Å². The molecule has 1 fully saturated rings. The number of ether oxygens (including phenoxy) is 1. The van der Waals surface area contributed by atoms with E-state index >= 15 is 0 Å². The highest BCUT2D eigenvalue weighted by Crippen LogP contribution is 2.34. The fourth-order valence-electron chi connectivity index (χ4n) is 2.19. The van der Waals surface area contributed by atoms with Crippen molar-refractivity contribution >= 4 is 35.0 Å². The van der Waals surface area contributed by atoms with Crippen molar-refractivity contribution in [2.45, 2.75) is 25.3 Å². The number of carbonyl (C=O) groups excluding carboxylic acids is 1. The molecule has 1 aromatic carbocycles. The van der Waals surface area contributed by atoms with E-state index in [0.717, 1.165) is 30.0 Å². The van der Waals surface area contributed by atoms with Crippen LogP contribution in [0.1, 0.15) is 19.8 Å². The molecule has 0 aromatic heterocycles. The van der Waals surface area contributed by atoms with E-state index in [1.54, 1.807) is 0 Å². The van der Waals surface area contributed by atoms with Gasteiger partial charge in [-0.1, -0.05) is 23.7 Å². The number of rotatable bonds is 4. The first-order valence-electron chi connectivity index (χ1n) is 6.45. The lowest BCUT2D eigenvalue weighted by Crippen LogP contribution is -2.50. The van der Waals surface area contributed by atoms with E-state index in [0.29, 0.717) is 11.6 Å². The molecule has 0 bridgehead atoms. The summed E-state index contributed by atoms with van der Waals surface area (Å²) in [5.41, 5.74) is 0.163. The van der Waals surface area contributed by atoms with Gasteiger partial charge < -0.3 is 10.1 Å². The van der Waals surface area contributed by atoms with Crippen molar-refractivity contribution in [2.75, 3.05) is 23.4 Å². The van der Waals surface area contributed by atoms with Crippen molar-refractivity contribution in [2.24, 2.45) is 0 Å². The molecule has 3 nitrogen and oxygen atoms in total. The fourth-order valence-corrected chi connectivity index (χ4v) is 3.56. The van der Waals surface area contributed by atoms with E-state index in [9.17, 15) is 4.79 Å². The first-order chi connectivity index (χ1) is 9.18. The zero-order chi connectivity index (χ0) is 13.7. The highest BCUT2D eigenvalue weighted by atomic mass is 35.5. The smallest absolute Gasteiger partial charge is 0.331 e. The van der Waals surface area contributed by atoms with Crippen LogP contribution in [0.3, 0.4) is 0 Å². The number of halogens is 1. The number of hydrogen-bond acceptors (Lipinski definition) is 4. The molecule has 0 unspecified atom stereocenters. The minimum absolute atomic E-state index is 0.171. The van der Waals surface area contributed by atoms with Gasteiger partial charge in [0.05, 0.1) is 17.3 Å². The SMILES string of the molecule is CCOC(=O)C1(Nc2ccccc2Cl)CCSCC1. The Bertz CT molecular complexity index is 447. The number of thioether (sulfide) groups is 1. The zero-order valence-corrected chi connectivity index (χ0v) is 12.5. The predicted molar refractivity (Wildman–Crippen MR) is 81.0 cm³/mol. The van der Waals surface area contributed by atoms with Crippen molar-refractivity contribution in [3.8, 4) is 0 Å². The maximum atomic E-state index is 12.3. The van der Waals surface area contributed by atoms with Gasteiger partial charge in [-0.25, -0.2) is 4.79 Å². The van der Waals surface area contributed by atoms with Gasteiger partial charge in [-0.2, -0.15) is 11.8 Å². The average molecular weight is 300 g/mol. The third-order valence-electron chi connectivity index (χ3n) is 3.26. The molecular weight excluding hydrogens is 282 g/mol. The van der Waals surface area contributed by atoms with E-state index < -0.39 is 5.54 Å². The summed E-state index contributed by atoms with van der Waals surface area (Å²) in [7, 11) is 0. The van der Waals surface area contributed by atoms with Gasteiger partial charge in [0.25, 0.3) is 0 Å². The van der Waals surface area contributed by atoms with Crippen LogP contribution in [0.2, 0.25) is 5.02 Å². The van der Waals surface area contributed by atoms with Gasteiger partial charge in [0.15, 0.2) is 0 Å². The normalized spacial score (nSPS) is 17.8. The Morgan fingerprint density at radius 1 is 1.42 bits per heavy atom. The van der Waals surface area contributed by atoms with Crippen LogP contribution in [0.5, 0.6) is 0 Å². The summed E-state index contributed by atoms with van der Waals surface area (Å²) in [4.78, 5) is 12.3. The summed E-state index contributed by atoms with van der Waals surface area (Å²) in [6.45, 7) is 2.23. The van der Waals surface area contributed by atoms with Crippen LogP contribution in [0.15, 0.2) is 24.3 Å². The van der Waals surface area contributed by atoms with E-state index in [2.05, 4.69) is 5.32 Å². The minimum Gasteiger partial charge on any atom is -0.464 e. The van der Waals surface area contributed by atoms with Gasteiger partial charge in [-0.05, 0) is 43.4 Å². The molecule has 1 aliphatic rings. The van der Waals surface area contributed by atoms with E-state index in [1.165, 1.54) is 0 Å². The standard InChI is InChI=1S/C14H18ClNO2S/c1-2-18-13(17)14(7-9-19-10-8-14)16-12-6-4-3-5-11(12)15/h3-6,16H,2,7-10H2,1H3. The summed E-state index contributed by atoms with van der Waals surface area (Å²) in [6, 6.07) is 7.50. The molecule has 104 valence electrons. The molecule has 2 rings (SSSR count). The molecule has 19 heavy (non-hydrogen) atoms. The quantitative estimate of drug-likeness (QED) is 0.863. The second kappa shape index (κ2) is 6.53. The second-order valence-corrected chi connectivity index (χ2v) is 6.15. The number of para-hydroxylation sites is 1. The molecule has 1 heterocycles. The van der Waals surface area contributed by atoms with Crippen molar-refractivity contribution in [3.63, 3.8) is 0 Å². The summed E-state index contributed by atoms with van der Waals surface area (Å²) < 4.78 is 5.24. The number of hydrogen-bond donors (Lipinski definition) is 1. The molecule has 0 aliphatic carbocycles. The Morgan fingerprint density at radius 3 is 2.74 bits per heavy atom. The van der Waals surface area contributed by atoms with Gasteiger partial charge in [0.1, 0.15) is 5.54 Å². The molecule has 0 radical (unpaired) electrons. The van der Waals surface area contributed by atoms with Crippen LogP contribution in [-0.4, -0.2) is 29.6 Å². The Morgan fingerprint density at radius 2 is 2.11 bits per heavy atom. The molecule has 1 aliphatic heterocycles. The Hall–Kier alpha value is -0.870. The molecular formula is C14H18ClNO2S. The average Bonchev–Trinajstić information content (AvgIpc) is 2.43. The van der Waals surface area contributed by atoms with Gasteiger partial charge in [-0.15, -0.1) is 0 Å². The number of nitrogens with one attached hydrogen (secondary N) is 1. The molecule has 1 aromatic rings. The largest absolute Gasteiger partial charge is 0.464 e. The van der Waals surface area contributed by atoms with Crippen LogP contribution < -0.4 is 5.32 Å². The highest BCUT2D eigenvalue weighted by molar-refractivity contribution is 7.99. The first kappa shape index (κ1) is 14.5. The predicted octanol–water partition coefficient (Wildman–Crippen LogP) is 3.58. The molecule has 0 spiro atoms. The summed E-state index contributed by atoms with van der Waals surface area (Å²) in [6.07, 6.45) is 1.53. The monoisotopic (exact) mass is 299 g/mol. The van der Waals surface area contributed by atoms with E-state index in [4.69, 9.17) is 16.3 Å². The molecule has 0 atom stereocenters. The van der Waals surface area contributed by atoms with Crippen LogP contribution in [0.4, 0.5) is 5.69 Å². The van der Waals surface area contributed by atoms with Crippen LogP contribution in [-0.2, 0) is 9.53 Å². The van der Waals surface area contributed by atoms with Gasteiger partial charge >= 0.3 is 5.97 Å². The van der Waals surface area contributed by atoms with Crippen molar-refractivity contribution in [3.05, 3.63) is 29.3 Å². The molecule has 5 heteroatoms. The first-order valence-corrected chi connectivity index (χ1v) is 7.99. The number of carbonyl (C=O) groups is 1. The van der Waals surface area contributed by atoms with Crippen molar-refractivity contribution in [1.82, 2.24) is 0 Å². The number of esters is 1. The minimum atomic E-state index is -0.633. The van der Waals surface area contributed by atoms with E-state index in [1.807, 2.05) is 43.0 Å². The second-order valence-electron chi connectivity index (χ2n) is 4.52. The summed E-state index contributed by atoms with van der Waals surface area (Å²) in [5.74, 6) is 1.74. The molecule has 0 saturated carbocycles. The van der Waals surface area contributed by atoms with Gasteiger partial charge in [-0.3, -0.25) is 0 Å². The highest BCUT2D eigenvalue weighted by Gasteiger charge is 2.41. The third-order valence-corrected chi connectivity index (χ3v) is 4.58. The van der Waals surface area contributed by atoms with Gasteiger partial charge in [0.2, 0.25) is 0 Å². The summed E-state index contributed by atoms with van der Waals surface area (Å²) >= 11 is 8.03. The lowest BCUT2D eigenvalue weighted by Gasteiger charge is -2.36. The van der Waals surface area contributed by atoms with Gasteiger partial charge in [0, 0.05) is 0 Å². The Labute approximate surface area is 123 Å². The number of benzene rings is 1. The maximum Gasteiger partial charge on any atom is 0.331 e. The van der Waals surface area contributed by atoms with Crippen LogP contribution >= 0.6 is 23.4 Å². The lowest BCUT2D eigenvalue weighted by molar-refractivity contribution is -0.148. The summed E-state index contributed by atoms with van der Waals surface area (Å²) in [5, 5.41) is 3.96. The Kier molecular flexibility index (Phi) is 4.99. The van der Waals surface area contributed by atoms with Crippen molar-refractivity contribution in [1.29, 1.82) is 0 Å². The van der Waals surface area contributed by atoms with Crippen LogP contribution in [0.25, 0.3) is 0 Å². The zero-order valence-electron chi connectivity index (χ0n) is 10.9. The van der Waals surface area contributed by atoms with Crippen LogP contribution in [0, 0.1) is 0 Å². The lowest BCUT2D eigenvalue weighted by atomic mass is 9.91. The molecule has 1 saturated heterocycles. The molecule has 1 N–H and O–H groups in total. The molecule has 0 amide bonds. The number of anilines is 1. The topological polar surface area (TPSA) is 38.3 Å². The Balaban J connectivity index is 2.23. The third kappa shape index (κ3) is 3.37.